The Morgan fingerprint density at radius 2 is 1.31 bits per heavy atom. The van der Waals surface area contributed by atoms with E-state index in [1.165, 1.54) is 26.0 Å². The lowest BCUT2D eigenvalue weighted by Gasteiger charge is -2.28. The number of hydrogen-bond acceptors (Lipinski definition) is 0. The summed E-state index contributed by atoms with van der Waals surface area (Å²) in [6.07, 6.45) is -4.21. The van der Waals surface area contributed by atoms with Gasteiger partial charge in [-0.1, -0.05) is 29.8 Å². The second kappa shape index (κ2) is 5.19. The summed E-state index contributed by atoms with van der Waals surface area (Å²) < 4.78 is 37.9. The van der Waals surface area contributed by atoms with E-state index in [4.69, 9.17) is 0 Å². The highest BCUT2D eigenvalue weighted by Crippen LogP contribution is 2.40. The molecule has 0 aliphatic heterocycles. The zero-order valence-electron chi connectivity index (χ0n) is 9.86. The Morgan fingerprint density at radius 1 is 0.938 bits per heavy atom. The third-order valence-electron chi connectivity index (χ3n) is 2.48. The Balaban J connectivity index is 0.00000106. The normalized spacial score (nSPS) is 11.6. The number of aryl methyl sites for hydroxylation is 1. The third-order valence-corrected chi connectivity index (χ3v) is 2.48. The van der Waals surface area contributed by atoms with Gasteiger partial charge in [-0.2, -0.15) is 13.2 Å². The van der Waals surface area contributed by atoms with Crippen LogP contribution in [0.25, 0.3) is 0 Å². The van der Waals surface area contributed by atoms with Crippen LogP contribution >= 0.6 is 0 Å². The summed E-state index contributed by atoms with van der Waals surface area (Å²) in [6, 6.07) is 6.46. The first-order valence-electron chi connectivity index (χ1n) is 4.89. The van der Waals surface area contributed by atoms with Gasteiger partial charge >= 0.3 is 6.18 Å². The van der Waals surface area contributed by atoms with Gasteiger partial charge in [0.1, 0.15) is 0 Å². The highest BCUT2D eigenvalue weighted by molar-refractivity contribution is 5.28. The summed E-state index contributed by atoms with van der Waals surface area (Å²) in [7, 11) is 0. The molecule has 0 bridgehead atoms. The lowest BCUT2D eigenvalue weighted by Crippen LogP contribution is -2.36. The van der Waals surface area contributed by atoms with Crippen LogP contribution in [0.15, 0.2) is 37.4 Å². The van der Waals surface area contributed by atoms with Gasteiger partial charge in [0, 0.05) is 0 Å². The van der Waals surface area contributed by atoms with Crippen molar-refractivity contribution in [2.45, 2.75) is 32.4 Å². The fourth-order valence-electron chi connectivity index (χ4n) is 1.13. The average molecular weight is 230 g/mol. The van der Waals surface area contributed by atoms with Crippen LogP contribution in [-0.4, -0.2) is 6.18 Å². The van der Waals surface area contributed by atoms with Crippen molar-refractivity contribution in [1.82, 2.24) is 0 Å². The molecule has 0 saturated heterocycles. The summed E-state index contributed by atoms with van der Waals surface area (Å²) in [4.78, 5) is 0. The summed E-state index contributed by atoms with van der Waals surface area (Å²) in [5.74, 6) is 0. The van der Waals surface area contributed by atoms with Crippen molar-refractivity contribution >= 4 is 0 Å². The van der Waals surface area contributed by atoms with Crippen molar-refractivity contribution in [3.05, 3.63) is 48.6 Å². The molecule has 0 spiro atoms. The Kier molecular flexibility index (Phi) is 4.79. The predicted octanol–water partition coefficient (Wildman–Crippen LogP) is 4.64. The number of rotatable bonds is 1. The molecule has 0 unspecified atom stereocenters. The summed E-state index contributed by atoms with van der Waals surface area (Å²) >= 11 is 0. The molecule has 0 aromatic heterocycles. The van der Waals surface area contributed by atoms with Crippen LogP contribution in [0.2, 0.25) is 0 Å². The zero-order valence-corrected chi connectivity index (χ0v) is 9.86. The molecular weight excluding hydrogens is 213 g/mol. The van der Waals surface area contributed by atoms with Gasteiger partial charge in [-0.3, -0.25) is 0 Å². The molecule has 0 N–H and O–H groups in total. The molecule has 0 fully saturated rings. The van der Waals surface area contributed by atoms with Crippen molar-refractivity contribution in [3.63, 3.8) is 0 Å². The lowest BCUT2D eigenvalue weighted by molar-refractivity contribution is -0.180. The summed E-state index contributed by atoms with van der Waals surface area (Å²) in [6.45, 7) is 10.2. The molecule has 3 heteroatoms. The molecular formula is C13H17F3. The Hall–Kier alpha value is -1.25. The van der Waals surface area contributed by atoms with Crippen molar-refractivity contribution < 1.29 is 13.2 Å². The molecule has 16 heavy (non-hydrogen) atoms. The Bertz CT molecular complexity index is 320. The fourth-order valence-corrected chi connectivity index (χ4v) is 1.13. The quantitative estimate of drug-likeness (QED) is 0.617. The molecule has 0 atom stereocenters. The van der Waals surface area contributed by atoms with Crippen molar-refractivity contribution in [2.24, 2.45) is 0 Å². The third kappa shape index (κ3) is 3.12. The number of alkyl halides is 3. The van der Waals surface area contributed by atoms with Crippen LogP contribution in [-0.2, 0) is 5.41 Å². The second-order valence-corrected chi connectivity index (χ2v) is 3.99. The molecule has 90 valence electrons. The molecule has 0 saturated carbocycles. The lowest BCUT2D eigenvalue weighted by atomic mass is 9.84. The van der Waals surface area contributed by atoms with Crippen LogP contribution in [0, 0.1) is 6.92 Å². The first kappa shape index (κ1) is 14.8. The molecule has 1 aromatic rings. The Morgan fingerprint density at radius 3 is 1.62 bits per heavy atom. The van der Waals surface area contributed by atoms with E-state index in [2.05, 4.69) is 13.2 Å². The molecule has 0 nitrogen and oxygen atoms in total. The van der Waals surface area contributed by atoms with Gasteiger partial charge in [-0.15, -0.1) is 13.2 Å². The zero-order chi connectivity index (χ0) is 13.0. The van der Waals surface area contributed by atoms with Crippen LogP contribution in [0.3, 0.4) is 0 Å². The van der Waals surface area contributed by atoms with Crippen LogP contribution in [0.1, 0.15) is 25.0 Å². The first-order chi connectivity index (χ1) is 7.25. The first-order valence-corrected chi connectivity index (χ1v) is 4.89. The molecule has 0 aliphatic rings. The largest absolute Gasteiger partial charge is 0.397 e. The van der Waals surface area contributed by atoms with Crippen LogP contribution in [0.4, 0.5) is 13.2 Å². The van der Waals surface area contributed by atoms with Gasteiger partial charge in [0.2, 0.25) is 0 Å². The van der Waals surface area contributed by atoms with E-state index in [0.717, 1.165) is 5.56 Å². The van der Waals surface area contributed by atoms with E-state index in [0.29, 0.717) is 5.56 Å². The molecule has 1 rings (SSSR count). The predicted molar refractivity (Wildman–Crippen MR) is 61.5 cm³/mol. The van der Waals surface area contributed by atoms with E-state index in [9.17, 15) is 13.2 Å². The average Bonchev–Trinajstić information content (AvgIpc) is 2.20. The van der Waals surface area contributed by atoms with Crippen molar-refractivity contribution in [2.75, 3.05) is 0 Å². The van der Waals surface area contributed by atoms with Crippen molar-refractivity contribution in [3.8, 4) is 0 Å². The van der Waals surface area contributed by atoms with E-state index >= 15 is 0 Å². The maximum absolute atomic E-state index is 12.6. The molecule has 0 aliphatic carbocycles. The summed E-state index contributed by atoms with van der Waals surface area (Å²) in [5.41, 5.74) is -0.511. The van der Waals surface area contributed by atoms with Gasteiger partial charge in [-0.05, 0) is 26.3 Å². The highest BCUT2D eigenvalue weighted by atomic mass is 19.4. The smallest absolute Gasteiger partial charge is 0.170 e. The maximum Gasteiger partial charge on any atom is 0.397 e. The number of benzene rings is 1. The highest BCUT2D eigenvalue weighted by Gasteiger charge is 2.48. The van der Waals surface area contributed by atoms with Gasteiger partial charge in [-0.25, -0.2) is 0 Å². The van der Waals surface area contributed by atoms with Crippen LogP contribution in [0.5, 0.6) is 0 Å². The van der Waals surface area contributed by atoms with E-state index in [1.54, 1.807) is 12.1 Å². The monoisotopic (exact) mass is 230 g/mol. The molecule has 0 amide bonds. The minimum absolute atomic E-state index is 0.301. The maximum atomic E-state index is 12.6. The molecule has 0 heterocycles. The molecule has 1 aromatic carbocycles. The minimum Gasteiger partial charge on any atom is -0.170 e. The van der Waals surface area contributed by atoms with Crippen LogP contribution < -0.4 is 0 Å². The van der Waals surface area contributed by atoms with Gasteiger partial charge < -0.3 is 0 Å². The number of hydrogen-bond donors (Lipinski definition) is 0. The van der Waals surface area contributed by atoms with E-state index in [1.807, 2.05) is 6.92 Å². The second-order valence-electron chi connectivity index (χ2n) is 3.99. The van der Waals surface area contributed by atoms with Gasteiger partial charge in [0.05, 0.1) is 5.41 Å². The van der Waals surface area contributed by atoms with Gasteiger partial charge in [0.25, 0.3) is 0 Å². The topological polar surface area (TPSA) is 0 Å². The van der Waals surface area contributed by atoms with Gasteiger partial charge in [0.15, 0.2) is 0 Å². The molecule has 0 radical (unpaired) electrons. The summed E-state index contributed by atoms with van der Waals surface area (Å²) in [5, 5.41) is 0. The van der Waals surface area contributed by atoms with E-state index in [-0.39, 0.29) is 0 Å². The standard InChI is InChI=1S/C11H13F3.C2H4/c1-8-4-6-9(7-5-8)10(2,3)11(12,13)14;1-2/h4-7H,1-3H3;1-2H2. The Labute approximate surface area is 94.8 Å². The number of halogens is 3. The fraction of sp³-hybridized carbons (Fsp3) is 0.385. The van der Waals surface area contributed by atoms with E-state index < -0.39 is 11.6 Å². The SMILES string of the molecule is C=C.Cc1ccc(C(C)(C)C(F)(F)F)cc1. The van der Waals surface area contributed by atoms with Crippen molar-refractivity contribution in [1.29, 1.82) is 0 Å². The minimum atomic E-state index is -4.21.